The molecule has 0 saturated heterocycles. The van der Waals surface area contributed by atoms with Crippen molar-refractivity contribution in [1.82, 2.24) is 9.62 Å². The number of likely N-dealkylation sites (N-methyl/N-ethyl adjacent to an activating group) is 1. The molecule has 1 rings (SSSR count). The molecule has 1 aromatic rings. The van der Waals surface area contributed by atoms with Crippen LogP contribution in [-0.4, -0.2) is 49.9 Å². The Morgan fingerprint density at radius 3 is 2.17 bits per heavy atom. The van der Waals surface area contributed by atoms with Gasteiger partial charge in [0.25, 0.3) is 0 Å². The average Bonchev–Trinajstić information content (AvgIpc) is 2.43. The van der Waals surface area contributed by atoms with E-state index in [0.717, 1.165) is 10.5 Å². The van der Waals surface area contributed by atoms with Gasteiger partial charge in [0.05, 0.1) is 4.90 Å². The normalized spacial score (nSPS) is 12.7. The largest absolute Gasteiger partial charge is 0.480 e. The lowest BCUT2D eigenvalue weighted by Crippen LogP contribution is -2.41. The van der Waals surface area contributed by atoms with E-state index in [9.17, 15) is 18.0 Å². The maximum Gasteiger partial charge on any atom is 0.326 e. The van der Waals surface area contributed by atoms with Crippen molar-refractivity contribution in [1.29, 1.82) is 0 Å². The number of rotatable bonds is 7. The third kappa shape index (κ3) is 4.78. The summed E-state index contributed by atoms with van der Waals surface area (Å²) in [6.07, 6.45) is -0.114. The summed E-state index contributed by atoms with van der Waals surface area (Å²) in [6, 6.07) is 2.61. The molecule has 0 aliphatic rings. The standard InChI is InChI=1S/C16H24N2O5S/c1-10-8-11(2)15(12(3)9-10)24(22,23)17-7-6-14(19)18(5)13(4)16(20)21/h8-9,13,17H,6-7H2,1-5H3,(H,20,21). The molecule has 8 heteroatoms. The minimum Gasteiger partial charge on any atom is -0.480 e. The molecule has 1 amide bonds. The number of nitrogens with zero attached hydrogens (tertiary/aromatic N) is 1. The molecular formula is C16H24N2O5S. The first-order valence-electron chi connectivity index (χ1n) is 7.53. The van der Waals surface area contributed by atoms with Crippen molar-refractivity contribution in [2.75, 3.05) is 13.6 Å². The predicted molar refractivity (Wildman–Crippen MR) is 90.3 cm³/mol. The Balaban J connectivity index is 2.77. The van der Waals surface area contributed by atoms with Gasteiger partial charge in [-0.25, -0.2) is 17.9 Å². The highest BCUT2D eigenvalue weighted by molar-refractivity contribution is 7.89. The summed E-state index contributed by atoms with van der Waals surface area (Å²) in [5.74, 6) is -1.55. The average molecular weight is 356 g/mol. The number of hydrogen-bond acceptors (Lipinski definition) is 4. The van der Waals surface area contributed by atoms with Crippen LogP contribution >= 0.6 is 0 Å². The fraction of sp³-hybridized carbons (Fsp3) is 0.500. The van der Waals surface area contributed by atoms with E-state index in [2.05, 4.69) is 4.72 Å². The molecule has 0 aliphatic heterocycles. The Labute approximate surface area is 142 Å². The van der Waals surface area contributed by atoms with E-state index in [-0.39, 0.29) is 17.9 Å². The summed E-state index contributed by atoms with van der Waals surface area (Å²) in [4.78, 5) is 24.1. The minimum atomic E-state index is -3.73. The van der Waals surface area contributed by atoms with Crippen LogP contribution in [0.3, 0.4) is 0 Å². The van der Waals surface area contributed by atoms with E-state index in [1.54, 1.807) is 26.0 Å². The molecule has 0 radical (unpaired) electrons. The van der Waals surface area contributed by atoms with Crippen LogP contribution in [0.5, 0.6) is 0 Å². The zero-order valence-corrected chi connectivity index (χ0v) is 15.4. The van der Waals surface area contributed by atoms with Gasteiger partial charge in [-0.3, -0.25) is 4.79 Å². The van der Waals surface area contributed by atoms with Gasteiger partial charge in [0.2, 0.25) is 15.9 Å². The number of aliphatic carboxylic acids is 1. The number of aryl methyl sites for hydroxylation is 3. The number of carbonyl (C=O) groups excluding carboxylic acids is 1. The van der Waals surface area contributed by atoms with E-state index in [4.69, 9.17) is 5.11 Å². The van der Waals surface area contributed by atoms with Crippen molar-refractivity contribution in [3.63, 3.8) is 0 Å². The Bertz CT molecular complexity index is 720. The summed E-state index contributed by atoms with van der Waals surface area (Å²) in [5.41, 5.74) is 2.26. The van der Waals surface area contributed by atoms with Crippen LogP contribution in [-0.2, 0) is 19.6 Å². The number of carboxylic acids is 1. The van der Waals surface area contributed by atoms with Gasteiger partial charge in [0.1, 0.15) is 6.04 Å². The van der Waals surface area contributed by atoms with Crippen molar-refractivity contribution in [3.05, 3.63) is 28.8 Å². The SMILES string of the molecule is Cc1cc(C)c(S(=O)(=O)NCCC(=O)N(C)C(C)C(=O)O)c(C)c1. The smallest absolute Gasteiger partial charge is 0.326 e. The molecule has 1 aromatic carbocycles. The number of nitrogens with one attached hydrogen (secondary N) is 1. The fourth-order valence-electron chi connectivity index (χ4n) is 2.51. The molecule has 0 fully saturated rings. The Morgan fingerprint density at radius 2 is 1.71 bits per heavy atom. The van der Waals surface area contributed by atoms with Crippen molar-refractivity contribution < 1.29 is 23.1 Å². The van der Waals surface area contributed by atoms with Crippen LogP contribution < -0.4 is 4.72 Å². The maximum atomic E-state index is 12.4. The highest BCUT2D eigenvalue weighted by Crippen LogP contribution is 2.21. The van der Waals surface area contributed by atoms with Gasteiger partial charge in [-0.15, -0.1) is 0 Å². The van der Waals surface area contributed by atoms with Crippen LogP contribution in [0.15, 0.2) is 17.0 Å². The van der Waals surface area contributed by atoms with Crippen LogP contribution in [0.25, 0.3) is 0 Å². The number of carbonyl (C=O) groups is 2. The van der Waals surface area contributed by atoms with E-state index in [1.807, 2.05) is 6.92 Å². The van der Waals surface area contributed by atoms with E-state index in [1.165, 1.54) is 14.0 Å². The second-order valence-corrected chi connectivity index (χ2v) is 7.60. The van der Waals surface area contributed by atoms with Crippen molar-refractivity contribution in [3.8, 4) is 0 Å². The number of hydrogen-bond donors (Lipinski definition) is 2. The van der Waals surface area contributed by atoms with Crippen molar-refractivity contribution in [2.24, 2.45) is 0 Å². The second kappa shape index (κ2) is 7.76. The molecule has 0 bridgehead atoms. The summed E-state index contributed by atoms with van der Waals surface area (Å²) >= 11 is 0. The lowest BCUT2D eigenvalue weighted by Gasteiger charge is -2.21. The van der Waals surface area contributed by atoms with E-state index >= 15 is 0 Å². The Hall–Kier alpha value is -1.93. The van der Waals surface area contributed by atoms with Crippen LogP contribution in [0.1, 0.15) is 30.0 Å². The van der Waals surface area contributed by atoms with Gasteiger partial charge in [-0.05, 0) is 38.8 Å². The molecule has 0 spiro atoms. The zero-order valence-electron chi connectivity index (χ0n) is 14.6. The number of sulfonamides is 1. The molecule has 24 heavy (non-hydrogen) atoms. The van der Waals surface area contributed by atoms with Crippen LogP contribution in [0.4, 0.5) is 0 Å². The molecule has 0 aliphatic carbocycles. The highest BCUT2D eigenvalue weighted by atomic mass is 32.2. The summed E-state index contributed by atoms with van der Waals surface area (Å²) < 4.78 is 27.3. The minimum absolute atomic E-state index is 0.0927. The molecule has 7 nitrogen and oxygen atoms in total. The van der Waals surface area contributed by atoms with Gasteiger partial charge in [0, 0.05) is 20.0 Å². The molecule has 2 N–H and O–H groups in total. The highest BCUT2D eigenvalue weighted by Gasteiger charge is 2.23. The van der Waals surface area contributed by atoms with Gasteiger partial charge in [0.15, 0.2) is 0 Å². The topological polar surface area (TPSA) is 104 Å². The summed E-state index contributed by atoms with van der Waals surface area (Å²) in [7, 11) is -2.35. The number of amides is 1. The second-order valence-electron chi connectivity index (χ2n) is 5.89. The van der Waals surface area contributed by atoms with E-state index in [0.29, 0.717) is 11.1 Å². The van der Waals surface area contributed by atoms with Gasteiger partial charge in [-0.1, -0.05) is 17.7 Å². The lowest BCUT2D eigenvalue weighted by atomic mass is 10.1. The molecule has 1 atom stereocenters. The Morgan fingerprint density at radius 1 is 1.21 bits per heavy atom. The molecule has 1 unspecified atom stereocenters. The quantitative estimate of drug-likeness (QED) is 0.764. The predicted octanol–water partition coefficient (Wildman–Crippen LogP) is 1.21. The first-order valence-corrected chi connectivity index (χ1v) is 9.01. The molecule has 0 aromatic heterocycles. The maximum absolute atomic E-state index is 12.4. The van der Waals surface area contributed by atoms with Gasteiger partial charge >= 0.3 is 5.97 Å². The first-order chi connectivity index (χ1) is 11.0. The zero-order chi connectivity index (χ0) is 18.7. The van der Waals surface area contributed by atoms with Crippen molar-refractivity contribution >= 4 is 21.9 Å². The van der Waals surface area contributed by atoms with Crippen LogP contribution in [0.2, 0.25) is 0 Å². The Kier molecular flexibility index (Phi) is 6.50. The molecular weight excluding hydrogens is 332 g/mol. The molecule has 134 valence electrons. The molecule has 0 heterocycles. The van der Waals surface area contributed by atoms with Gasteiger partial charge in [-0.2, -0.15) is 0 Å². The summed E-state index contributed by atoms with van der Waals surface area (Å²) in [6.45, 7) is 6.64. The summed E-state index contributed by atoms with van der Waals surface area (Å²) in [5, 5.41) is 8.88. The fourth-order valence-corrected chi connectivity index (χ4v) is 3.99. The number of benzene rings is 1. The third-order valence-electron chi connectivity index (χ3n) is 3.84. The van der Waals surface area contributed by atoms with E-state index < -0.39 is 27.9 Å². The monoisotopic (exact) mass is 356 g/mol. The third-order valence-corrected chi connectivity index (χ3v) is 5.60. The lowest BCUT2D eigenvalue weighted by molar-refractivity contribution is -0.148. The van der Waals surface area contributed by atoms with Gasteiger partial charge < -0.3 is 10.0 Å². The van der Waals surface area contributed by atoms with Crippen LogP contribution in [0, 0.1) is 20.8 Å². The number of carboxylic acid groups (broad SMARTS) is 1. The molecule has 0 saturated carbocycles. The first kappa shape index (κ1) is 20.1. The van der Waals surface area contributed by atoms with Crippen molar-refractivity contribution in [2.45, 2.75) is 45.1 Å².